The van der Waals surface area contributed by atoms with Crippen LogP contribution in [0.5, 0.6) is 0 Å². The van der Waals surface area contributed by atoms with Gasteiger partial charge in [0, 0.05) is 41.5 Å². The van der Waals surface area contributed by atoms with Gasteiger partial charge in [0.25, 0.3) is 0 Å². The Hall–Kier alpha value is -3.02. The van der Waals surface area contributed by atoms with Gasteiger partial charge in [-0.15, -0.1) is 12.6 Å². The summed E-state index contributed by atoms with van der Waals surface area (Å²) in [5, 5.41) is 0. The first-order valence-corrected chi connectivity index (χ1v) is 12.9. The number of carbonyl (C=O) groups excluding carboxylic acids is 6. The van der Waals surface area contributed by atoms with Crippen LogP contribution in [-0.2, 0) is 71.4 Å². The van der Waals surface area contributed by atoms with Crippen molar-refractivity contribution >= 4 is 48.4 Å². The molecule has 0 N–H and O–H groups in total. The Morgan fingerprint density at radius 2 is 1.00 bits per heavy atom. The minimum atomic E-state index is -2.06. The number of hydrogen-bond donors (Lipinski definition) is 1. The fraction of sp³-hybridized carbons (Fsp3) is 0.750. The molecule has 2 fully saturated rings. The molecule has 15 nitrogen and oxygen atoms in total. The lowest BCUT2D eigenvalue weighted by molar-refractivity contribution is -0.339. The van der Waals surface area contributed by atoms with Crippen molar-refractivity contribution in [2.45, 2.75) is 102 Å². The van der Waals surface area contributed by atoms with Crippen molar-refractivity contribution in [1.29, 1.82) is 0 Å². The van der Waals surface area contributed by atoms with Crippen LogP contribution < -0.4 is 0 Å². The lowest BCUT2D eigenvalue weighted by Crippen LogP contribution is -2.66. The monoisotopic (exact) mass is 612 g/mol. The second kappa shape index (κ2) is 15.3. The van der Waals surface area contributed by atoms with E-state index in [9.17, 15) is 28.8 Å². The molecule has 0 radical (unpaired) electrons. The Morgan fingerprint density at radius 3 is 1.46 bits per heavy atom. The second-order valence-electron chi connectivity index (χ2n) is 9.05. The molecule has 0 unspecified atom stereocenters. The van der Waals surface area contributed by atoms with Gasteiger partial charge in [-0.3, -0.25) is 28.8 Å². The first-order valence-electron chi connectivity index (χ1n) is 12.3. The molecule has 0 aromatic rings. The second-order valence-corrected chi connectivity index (χ2v) is 9.56. The van der Waals surface area contributed by atoms with E-state index in [0.29, 0.717) is 0 Å². The third kappa shape index (κ3) is 10.1. The van der Waals surface area contributed by atoms with E-state index in [4.69, 9.17) is 42.6 Å². The summed E-state index contributed by atoms with van der Waals surface area (Å²) in [6, 6.07) is 0. The summed E-state index contributed by atoms with van der Waals surface area (Å²) < 4.78 is 63.8. The first kappa shape index (κ1) is 34.2. The Morgan fingerprint density at radius 1 is 0.585 bits per heavy atom. The molecule has 0 aromatic heterocycles. The summed E-state index contributed by atoms with van der Waals surface area (Å²) in [5.74, 6) is -5.00. The smallest absolute Gasteiger partial charge is 0.303 e. The molecule has 0 bridgehead atoms. The zero-order valence-corrected chi connectivity index (χ0v) is 24.0. The minimum Gasteiger partial charge on any atom is -0.463 e. The zero-order valence-electron chi connectivity index (χ0n) is 23.1. The molecule has 2 saturated heterocycles. The average Bonchev–Trinajstić information content (AvgIpc) is 2.83. The van der Waals surface area contributed by atoms with E-state index in [0.717, 1.165) is 41.5 Å². The number of rotatable bonds is 10. The predicted octanol–water partition coefficient (Wildman–Crippen LogP) is -0.0577. The summed E-state index contributed by atoms with van der Waals surface area (Å²) in [4.78, 5) is 70.9. The lowest BCUT2D eigenvalue weighted by atomic mass is 9.96. The molecule has 0 amide bonds. The summed E-state index contributed by atoms with van der Waals surface area (Å²) in [6.07, 6.45) is -14.5. The van der Waals surface area contributed by atoms with Gasteiger partial charge in [-0.25, -0.2) is 4.39 Å². The van der Waals surface area contributed by atoms with E-state index >= 15 is 4.39 Å². The Bertz CT molecular complexity index is 992. The number of halogens is 1. The van der Waals surface area contributed by atoms with Gasteiger partial charge in [-0.2, -0.15) is 0 Å². The number of alkyl halides is 1. The van der Waals surface area contributed by atoms with Crippen LogP contribution in [0.2, 0.25) is 0 Å². The maximum Gasteiger partial charge on any atom is 0.303 e. The highest BCUT2D eigenvalue weighted by Crippen LogP contribution is 2.35. The van der Waals surface area contributed by atoms with Gasteiger partial charge in [-0.05, 0) is 0 Å². The molecule has 2 heterocycles. The number of esters is 6. The van der Waals surface area contributed by atoms with Crippen LogP contribution in [0.15, 0.2) is 0 Å². The van der Waals surface area contributed by atoms with Crippen LogP contribution in [0.25, 0.3) is 0 Å². The van der Waals surface area contributed by atoms with Gasteiger partial charge in [-0.1, -0.05) is 0 Å². The summed E-state index contributed by atoms with van der Waals surface area (Å²) in [7, 11) is 0. The van der Waals surface area contributed by atoms with Gasteiger partial charge >= 0.3 is 35.8 Å². The Labute approximate surface area is 239 Å². The Kier molecular flexibility index (Phi) is 12.7. The molecule has 2 rings (SSSR count). The third-order valence-corrected chi connectivity index (χ3v) is 5.99. The zero-order chi connectivity index (χ0) is 31.0. The van der Waals surface area contributed by atoms with Crippen molar-refractivity contribution in [1.82, 2.24) is 0 Å². The van der Waals surface area contributed by atoms with E-state index in [1.54, 1.807) is 0 Å². The van der Waals surface area contributed by atoms with Gasteiger partial charge in [0.1, 0.15) is 37.0 Å². The normalized spacial score (nSPS) is 33.1. The molecule has 0 aromatic carbocycles. The number of ether oxygens (including phenoxy) is 9. The van der Waals surface area contributed by atoms with Crippen molar-refractivity contribution in [3.63, 3.8) is 0 Å². The van der Waals surface area contributed by atoms with Crippen molar-refractivity contribution in [2.75, 3.05) is 13.2 Å². The number of hydrogen-bond acceptors (Lipinski definition) is 16. The quantitative estimate of drug-likeness (QED) is 0.196. The van der Waals surface area contributed by atoms with Crippen LogP contribution in [0.4, 0.5) is 4.39 Å². The number of carbonyl (C=O) groups is 6. The van der Waals surface area contributed by atoms with Crippen LogP contribution >= 0.6 is 12.6 Å². The Balaban J connectivity index is 2.58. The average molecular weight is 613 g/mol. The SMILES string of the molecule is CC(=O)OC[C@H]1O[C@@H](O[C@H]2[C@H](OC(C)=O)[C@@H](F)[C@H](S)O[C@@H]2COC(C)=O)[C@H](OC(C)=O)[C@@H](OC(C)=O)[C@H]1OC(C)=O. The maximum atomic E-state index is 15.2. The highest BCUT2D eigenvalue weighted by atomic mass is 32.1. The molecular weight excluding hydrogens is 579 g/mol. The van der Waals surface area contributed by atoms with Gasteiger partial charge in [0.05, 0.1) is 0 Å². The molecule has 2 aliphatic rings. The van der Waals surface area contributed by atoms with E-state index in [2.05, 4.69) is 12.6 Å². The molecule has 232 valence electrons. The number of thiol groups is 1. The molecule has 10 atom stereocenters. The summed E-state index contributed by atoms with van der Waals surface area (Å²) >= 11 is 4.03. The van der Waals surface area contributed by atoms with Crippen LogP contribution in [0, 0.1) is 0 Å². The standard InChI is InChI=1S/C24H33FO15S/c1-9(26)32-7-15-19(34-11(3)28)21(36-13(5)30)22(37-14(6)31)23(38-15)40-18-16(8-33-10(2)27)39-24(41)17(25)20(18)35-12(4)29/h15-24,41H,7-8H2,1-6H3/t15-,16-,17-,18-,19+,20-,21+,22-,23+,24+/m1/s1. The molecule has 2 aliphatic heterocycles. The molecule has 0 aliphatic carbocycles. The van der Waals surface area contributed by atoms with Gasteiger partial charge < -0.3 is 42.6 Å². The minimum absolute atomic E-state index is 0.507. The molecule has 17 heteroatoms. The van der Waals surface area contributed by atoms with Gasteiger partial charge in [0.15, 0.2) is 36.9 Å². The fourth-order valence-electron chi connectivity index (χ4n) is 4.16. The summed E-state index contributed by atoms with van der Waals surface area (Å²) in [6.45, 7) is 5.27. The van der Waals surface area contributed by atoms with E-state index in [-0.39, 0.29) is 0 Å². The van der Waals surface area contributed by atoms with Crippen LogP contribution in [-0.4, -0.2) is 110 Å². The molecule has 0 saturated carbocycles. The lowest BCUT2D eigenvalue weighted by Gasteiger charge is -2.47. The van der Waals surface area contributed by atoms with E-state index < -0.39 is 110 Å². The summed E-state index contributed by atoms with van der Waals surface area (Å²) in [5.41, 5.74) is -1.44. The van der Waals surface area contributed by atoms with Crippen molar-refractivity contribution in [2.24, 2.45) is 0 Å². The molecular formula is C24H33FO15S. The van der Waals surface area contributed by atoms with Crippen LogP contribution in [0.3, 0.4) is 0 Å². The molecule has 0 spiro atoms. The topological polar surface area (TPSA) is 185 Å². The molecule has 41 heavy (non-hydrogen) atoms. The largest absolute Gasteiger partial charge is 0.463 e. The van der Waals surface area contributed by atoms with Crippen molar-refractivity contribution in [3.05, 3.63) is 0 Å². The van der Waals surface area contributed by atoms with Crippen molar-refractivity contribution in [3.8, 4) is 0 Å². The first-order chi connectivity index (χ1) is 19.1. The maximum absolute atomic E-state index is 15.2. The fourth-order valence-corrected chi connectivity index (χ4v) is 4.49. The third-order valence-electron chi connectivity index (χ3n) is 5.58. The van der Waals surface area contributed by atoms with Crippen molar-refractivity contribution < 1.29 is 75.8 Å². The highest BCUT2D eigenvalue weighted by molar-refractivity contribution is 7.80. The van der Waals surface area contributed by atoms with Gasteiger partial charge in [0.2, 0.25) is 0 Å². The van der Waals surface area contributed by atoms with Crippen LogP contribution in [0.1, 0.15) is 41.5 Å². The predicted molar refractivity (Wildman–Crippen MR) is 132 cm³/mol. The highest BCUT2D eigenvalue weighted by Gasteiger charge is 2.56. The van der Waals surface area contributed by atoms with E-state index in [1.165, 1.54) is 0 Å². The van der Waals surface area contributed by atoms with E-state index in [1.807, 2.05) is 0 Å².